The van der Waals surface area contributed by atoms with Crippen molar-refractivity contribution in [3.63, 3.8) is 0 Å². The van der Waals surface area contributed by atoms with E-state index in [4.69, 9.17) is 0 Å². The number of fused-ring (bicyclic) bond motifs is 1. The molecule has 0 bridgehead atoms. The average Bonchev–Trinajstić information content (AvgIpc) is 3.04. The first-order chi connectivity index (χ1) is 11.8. The number of aromatic amines is 1. The van der Waals surface area contributed by atoms with E-state index >= 15 is 0 Å². The van der Waals surface area contributed by atoms with Crippen LogP contribution >= 0.6 is 0 Å². The molecule has 0 amide bonds. The molecule has 0 saturated carbocycles. The van der Waals surface area contributed by atoms with E-state index in [1.165, 1.54) is 6.07 Å². The molecule has 118 valence electrons. The maximum Gasteiger partial charge on any atom is 0.123 e. The van der Waals surface area contributed by atoms with E-state index in [1.54, 1.807) is 30.7 Å². The first-order valence-corrected chi connectivity index (χ1v) is 7.65. The van der Waals surface area contributed by atoms with Crippen molar-refractivity contribution in [1.29, 1.82) is 0 Å². The Kier molecular flexibility index (Phi) is 3.67. The van der Waals surface area contributed by atoms with Crippen molar-refractivity contribution in [2.75, 3.05) is 5.32 Å². The molecule has 0 radical (unpaired) electrons. The van der Waals surface area contributed by atoms with Crippen LogP contribution in [0.5, 0.6) is 0 Å². The lowest BCUT2D eigenvalue weighted by atomic mass is 10.0. The minimum Gasteiger partial charge on any atom is -0.371 e. The smallest absolute Gasteiger partial charge is 0.123 e. The molecular weight excluding hydrogens is 303 g/mol. The number of nitrogens with one attached hydrogen (secondary N) is 2. The van der Waals surface area contributed by atoms with Crippen LogP contribution in [0.15, 0.2) is 73.3 Å². The van der Waals surface area contributed by atoms with Gasteiger partial charge in [0.15, 0.2) is 0 Å². The molecule has 1 unspecified atom stereocenters. The largest absolute Gasteiger partial charge is 0.371 e. The molecule has 1 aromatic carbocycles. The fourth-order valence-corrected chi connectivity index (χ4v) is 2.83. The summed E-state index contributed by atoms with van der Waals surface area (Å²) >= 11 is 0. The summed E-state index contributed by atoms with van der Waals surface area (Å²) in [6, 6.07) is 14.1. The molecule has 4 nitrogen and oxygen atoms in total. The standard InChI is InChI=1S/C19H15FN4/c20-13-6-7-17-15(10-13)16(12-23-17)19(18-5-1-2-9-22-18)24-14-4-3-8-21-11-14/h1-12,19,23-24H. The quantitative estimate of drug-likeness (QED) is 0.590. The Morgan fingerprint density at radius 2 is 2.00 bits per heavy atom. The van der Waals surface area contributed by atoms with E-state index in [9.17, 15) is 4.39 Å². The van der Waals surface area contributed by atoms with Crippen LogP contribution in [0.25, 0.3) is 10.9 Å². The third kappa shape index (κ3) is 2.72. The van der Waals surface area contributed by atoms with Crippen molar-refractivity contribution >= 4 is 16.6 Å². The number of nitrogens with zero attached hydrogens (tertiary/aromatic N) is 2. The minimum absolute atomic E-state index is 0.217. The van der Waals surface area contributed by atoms with Crippen LogP contribution in [-0.2, 0) is 0 Å². The van der Waals surface area contributed by atoms with Gasteiger partial charge < -0.3 is 10.3 Å². The Morgan fingerprint density at radius 1 is 1.04 bits per heavy atom. The second-order valence-corrected chi connectivity index (χ2v) is 5.51. The summed E-state index contributed by atoms with van der Waals surface area (Å²) in [5.74, 6) is -0.260. The van der Waals surface area contributed by atoms with Crippen molar-refractivity contribution in [1.82, 2.24) is 15.0 Å². The highest BCUT2D eigenvalue weighted by atomic mass is 19.1. The molecule has 0 aliphatic rings. The van der Waals surface area contributed by atoms with Gasteiger partial charge in [-0.25, -0.2) is 4.39 Å². The van der Waals surface area contributed by atoms with Gasteiger partial charge in [0.1, 0.15) is 5.82 Å². The van der Waals surface area contributed by atoms with E-state index in [1.807, 2.05) is 36.5 Å². The molecule has 24 heavy (non-hydrogen) atoms. The molecule has 3 heterocycles. The highest BCUT2D eigenvalue weighted by Crippen LogP contribution is 2.31. The van der Waals surface area contributed by atoms with Gasteiger partial charge in [-0.15, -0.1) is 0 Å². The Hall–Kier alpha value is -3.21. The van der Waals surface area contributed by atoms with Crippen molar-refractivity contribution in [3.05, 3.63) is 90.4 Å². The molecule has 4 rings (SSSR count). The number of halogens is 1. The van der Waals surface area contributed by atoms with E-state index in [0.29, 0.717) is 0 Å². The van der Waals surface area contributed by atoms with Crippen LogP contribution in [0, 0.1) is 5.82 Å². The van der Waals surface area contributed by atoms with Crippen LogP contribution in [-0.4, -0.2) is 15.0 Å². The highest BCUT2D eigenvalue weighted by molar-refractivity contribution is 5.84. The van der Waals surface area contributed by atoms with Gasteiger partial charge in [-0.3, -0.25) is 9.97 Å². The molecule has 0 aliphatic heterocycles. The lowest BCUT2D eigenvalue weighted by molar-refractivity contribution is 0.629. The number of H-pyrrole nitrogens is 1. The predicted molar refractivity (Wildman–Crippen MR) is 92.2 cm³/mol. The highest BCUT2D eigenvalue weighted by Gasteiger charge is 2.19. The molecule has 1 atom stereocenters. The first kappa shape index (κ1) is 14.4. The van der Waals surface area contributed by atoms with Crippen molar-refractivity contribution < 1.29 is 4.39 Å². The Balaban J connectivity index is 1.84. The summed E-state index contributed by atoms with van der Waals surface area (Å²) in [4.78, 5) is 11.8. The summed E-state index contributed by atoms with van der Waals surface area (Å²) < 4.78 is 13.7. The van der Waals surface area contributed by atoms with Crippen LogP contribution < -0.4 is 5.32 Å². The fraction of sp³-hybridized carbons (Fsp3) is 0.0526. The monoisotopic (exact) mass is 318 g/mol. The van der Waals surface area contributed by atoms with Gasteiger partial charge in [0.05, 0.1) is 17.4 Å². The summed E-state index contributed by atoms with van der Waals surface area (Å²) in [6.45, 7) is 0. The Labute approximate surface area is 138 Å². The number of hydrogen-bond acceptors (Lipinski definition) is 3. The second kappa shape index (κ2) is 6.12. The van der Waals surface area contributed by atoms with Crippen molar-refractivity contribution in [3.8, 4) is 0 Å². The summed E-state index contributed by atoms with van der Waals surface area (Å²) in [5.41, 5.74) is 3.55. The van der Waals surface area contributed by atoms with Crippen molar-refractivity contribution in [2.24, 2.45) is 0 Å². The lowest BCUT2D eigenvalue weighted by Crippen LogP contribution is -2.13. The zero-order valence-corrected chi connectivity index (χ0v) is 12.8. The van der Waals surface area contributed by atoms with Crippen molar-refractivity contribution in [2.45, 2.75) is 6.04 Å². The number of pyridine rings is 2. The zero-order chi connectivity index (χ0) is 16.4. The molecule has 0 spiro atoms. The van der Waals surface area contributed by atoms with Gasteiger partial charge in [-0.1, -0.05) is 6.07 Å². The first-order valence-electron chi connectivity index (χ1n) is 7.65. The third-order valence-corrected chi connectivity index (χ3v) is 3.94. The minimum atomic E-state index is -0.260. The molecule has 0 fully saturated rings. The van der Waals surface area contributed by atoms with E-state index in [0.717, 1.165) is 27.8 Å². The zero-order valence-electron chi connectivity index (χ0n) is 12.8. The van der Waals surface area contributed by atoms with Crippen LogP contribution in [0.3, 0.4) is 0 Å². The molecule has 5 heteroatoms. The van der Waals surface area contributed by atoms with Gasteiger partial charge in [0.25, 0.3) is 0 Å². The number of anilines is 1. The van der Waals surface area contributed by atoms with Gasteiger partial charge >= 0.3 is 0 Å². The molecule has 0 saturated heterocycles. The van der Waals surface area contributed by atoms with Gasteiger partial charge in [-0.2, -0.15) is 0 Å². The van der Waals surface area contributed by atoms with Gasteiger partial charge in [0, 0.05) is 41.3 Å². The normalized spacial score (nSPS) is 12.2. The van der Waals surface area contributed by atoms with E-state index in [-0.39, 0.29) is 11.9 Å². The average molecular weight is 318 g/mol. The summed E-state index contributed by atoms with van der Waals surface area (Å²) in [6.07, 6.45) is 7.13. The van der Waals surface area contributed by atoms with Crippen LogP contribution in [0.2, 0.25) is 0 Å². The van der Waals surface area contributed by atoms with Gasteiger partial charge in [-0.05, 0) is 42.5 Å². The number of aromatic nitrogens is 3. The third-order valence-electron chi connectivity index (χ3n) is 3.94. The summed E-state index contributed by atoms with van der Waals surface area (Å²) in [7, 11) is 0. The van der Waals surface area contributed by atoms with E-state index in [2.05, 4.69) is 20.3 Å². The lowest BCUT2D eigenvalue weighted by Gasteiger charge is -2.19. The maximum atomic E-state index is 13.7. The molecule has 4 aromatic rings. The Bertz CT molecular complexity index is 951. The molecule has 2 N–H and O–H groups in total. The fourth-order valence-electron chi connectivity index (χ4n) is 2.83. The number of hydrogen-bond donors (Lipinski definition) is 2. The predicted octanol–water partition coefficient (Wildman–Crippen LogP) is 4.30. The van der Waals surface area contributed by atoms with E-state index < -0.39 is 0 Å². The molecule has 3 aromatic heterocycles. The number of rotatable bonds is 4. The SMILES string of the molecule is Fc1ccc2[nH]cc(C(Nc3cccnc3)c3ccccn3)c2c1. The second-order valence-electron chi connectivity index (χ2n) is 5.51. The molecular formula is C19H15FN4. The Morgan fingerprint density at radius 3 is 2.79 bits per heavy atom. The van der Waals surface area contributed by atoms with Crippen LogP contribution in [0.1, 0.15) is 17.3 Å². The summed E-state index contributed by atoms with van der Waals surface area (Å²) in [5, 5.41) is 4.28. The topological polar surface area (TPSA) is 53.6 Å². The maximum absolute atomic E-state index is 13.7. The van der Waals surface area contributed by atoms with Gasteiger partial charge in [0.2, 0.25) is 0 Å². The van der Waals surface area contributed by atoms with Crippen LogP contribution in [0.4, 0.5) is 10.1 Å². The number of benzene rings is 1. The molecule has 0 aliphatic carbocycles.